The first-order valence-corrected chi connectivity index (χ1v) is 12.7. The van der Waals surface area contributed by atoms with Crippen LogP contribution >= 0.6 is 11.3 Å². The fourth-order valence-corrected chi connectivity index (χ4v) is 5.14. The van der Waals surface area contributed by atoms with E-state index in [2.05, 4.69) is 34.9 Å². The van der Waals surface area contributed by atoms with Crippen LogP contribution < -0.4 is 9.47 Å². The van der Waals surface area contributed by atoms with Crippen molar-refractivity contribution >= 4 is 43.4 Å². The lowest BCUT2D eigenvalue weighted by Gasteiger charge is -2.12. The van der Waals surface area contributed by atoms with Gasteiger partial charge in [0.05, 0.1) is 10.1 Å². The number of benzene rings is 3. The quantitative estimate of drug-likeness (QED) is 0.275. The van der Waals surface area contributed by atoms with Crippen molar-refractivity contribution in [1.82, 2.24) is 0 Å². The minimum atomic E-state index is -4.24. The molecule has 1 aromatic heterocycles. The van der Waals surface area contributed by atoms with Crippen molar-refractivity contribution in [2.45, 2.75) is 13.0 Å². The van der Waals surface area contributed by atoms with Crippen LogP contribution in [0.15, 0.2) is 85.1 Å². The highest BCUT2D eigenvalue weighted by Gasteiger charge is 2.20. The smallest absolute Gasteiger partial charge is 0.264 e. The predicted molar refractivity (Wildman–Crippen MR) is 131 cm³/mol. The monoisotopic (exact) mass is 464 g/mol. The molecule has 1 heterocycles. The van der Waals surface area contributed by atoms with E-state index in [9.17, 15) is 13.0 Å². The van der Waals surface area contributed by atoms with Crippen LogP contribution in [0.2, 0.25) is 0 Å². The molecule has 32 heavy (non-hydrogen) atoms. The van der Waals surface area contributed by atoms with Crippen molar-refractivity contribution in [3.8, 4) is 11.1 Å². The van der Waals surface area contributed by atoms with Crippen LogP contribution in [-0.4, -0.2) is 25.8 Å². The summed E-state index contributed by atoms with van der Waals surface area (Å²) in [4.78, 5) is 2.03. The third kappa shape index (κ3) is 5.43. The van der Waals surface area contributed by atoms with Crippen molar-refractivity contribution in [3.63, 3.8) is 0 Å². The number of aromatic nitrogens is 1. The van der Waals surface area contributed by atoms with Gasteiger partial charge in [0, 0.05) is 43.3 Å². The number of anilines is 1. The molecule has 4 rings (SSSR count). The van der Waals surface area contributed by atoms with Crippen LogP contribution in [0.25, 0.3) is 27.4 Å². The molecule has 0 unspecified atom stereocenters. The topological polar surface area (TPSA) is 64.3 Å². The molecule has 0 N–H and O–H groups in total. The molecular formula is C25H24N2O3S2. The Hall–Kier alpha value is -3.00. The minimum Gasteiger partial charge on any atom is -0.748 e. The highest BCUT2D eigenvalue weighted by atomic mass is 32.2. The zero-order chi connectivity index (χ0) is 22.6. The third-order valence-corrected chi connectivity index (χ3v) is 7.14. The molecule has 0 saturated heterocycles. The highest BCUT2D eigenvalue weighted by Crippen LogP contribution is 2.28. The Bertz CT molecular complexity index is 1330. The van der Waals surface area contributed by atoms with Gasteiger partial charge in [-0.25, -0.2) is 8.42 Å². The zero-order valence-electron chi connectivity index (χ0n) is 17.7. The van der Waals surface area contributed by atoms with Gasteiger partial charge in [-0.1, -0.05) is 65.9 Å². The summed E-state index contributed by atoms with van der Waals surface area (Å²) in [5.74, 6) is -0.372. The molecule has 5 nitrogen and oxygen atoms in total. The summed E-state index contributed by atoms with van der Waals surface area (Å²) in [7, 11) is -2.26. The van der Waals surface area contributed by atoms with Gasteiger partial charge >= 0.3 is 0 Å². The van der Waals surface area contributed by atoms with E-state index in [0.29, 0.717) is 6.54 Å². The van der Waals surface area contributed by atoms with Gasteiger partial charge in [0.25, 0.3) is 5.01 Å². The number of hydrogen-bond donors (Lipinski definition) is 0. The van der Waals surface area contributed by atoms with Crippen LogP contribution in [-0.2, 0) is 16.7 Å². The largest absolute Gasteiger partial charge is 0.748 e. The molecule has 0 aliphatic carbocycles. The van der Waals surface area contributed by atoms with Gasteiger partial charge in [0.1, 0.15) is 4.70 Å². The molecule has 0 bridgehead atoms. The zero-order valence-corrected chi connectivity index (χ0v) is 19.4. The number of aryl methyl sites for hydroxylation is 1. The predicted octanol–water partition coefficient (Wildman–Crippen LogP) is 4.90. The lowest BCUT2D eigenvalue weighted by atomic mass is 10.1. The standard InChI is InChI=1S/C25H24N2O3S2/c1-26(22-11-6-3-7-12-22)17-15-25-27(16-8-18-32(28,29)30)23-19-21(13-14-24(23)31-25)20-9-4-2-5-10-20/h2-7,9-15,17,19H,8,16,18H2,1H3. The first kappa shape index (κ1) is 22.2. The van der Waals surface area contributed by atoms with Gasteiger partial charge in [-0.15, -0.1) is 0 Å². The molecule has 0 radical (unpaired) electrons. The van der Waals surface area contributed by atoms with E-state index in [1.807, 2.05) is 72.8 Å². The summed E-state index contributed by atoms with van der Waals surface area (Å²) in [6.07, 6.45) is 4.30. The van der Waals surface area contributed by atoms with Crippen molar-refractivity contribution in [1.29, 1.82) is 0 Å². The van der Waals surface area contributed by atoms with Gasteiger partial charge < -0.3 is 9.45 Å². The lowest BCUT2D eigenvalue weighted by Crippen LogP contribution is -2.36. The summed E-state index contributed by atoms with van der Waals surface area (Å²) in [6.45, 7) is 0.453. The number of fused-ring (bicyclic) bond motifs is 1. The van der Waals surface area contributed by atoms with Crippen LogP contribution in [0.5, 0.6) is 0 Å². The van der Waals surface area contributed by atoms with E-state index in [0.717, 1.165) is 32.0 Å². The molecule has 0 aliphatic heterocycles. The second-order valence-electron chi connectivity index (χ2n) is 7.52. The van der Waals surface area contributed by atoms with Crippen LogP contribution in [0.1, 0.15) is 11.4 Å². The SMILES string of the molecule is CN(/C=C/c1sc2ccc(-c3ccccc3)cc2[n+]1CCCS(=O)(=O)[O-])c1ccccc1. The van der Waals surface area contributed by atoms with Gasteiger partial charge in [-0.2, -0.15) is 4.57 Å². The molecule has 0 saturated carbocycles. The van der Waals surface area contributed by atoms with E-state index < -0.39 is 10.1 Å². The number of hydrogen-bond acceptors (Lipinski definition) is 5. The summed E-state index contributed by atoms with van der Waals surface area (Å²) in [5.41, 5.74) is 4.31. The number of nitrogens with zero attached hydrogens (tertiary/aromatic N) is 2. The van der Waals surface area contributed by atoms with Crippen molar-refractivity contribution in [2.75, 3.05) is 17.7 Å². The Morgan fingerprint density at radius 2 is 1.66 bits per heavy atom. The fraction of sp³-hybridized carbons (Fsp3) is 0.160. The Morgan fingerprint density at radius 3 is 2.34 bits per heavy atom. The maximum absolute atomic E-state index is 11.1. The maximum Gasteiger partial charge on any atom is 0.264 e. The Morgan fingerprint density at radius 1 is 0.969 bits per heavy atom. The second-order valence-corrected chi connectivity index (χ2v) is 10.1. The molecule has 164 valence electrons. The molecule has 0 fully saturated rings. The molecule has 0 amide bonds. The summed E-state index contributed by atoms with van der Waals surface area (Å²) in [6, 6.07) is 26.5. The van der Waals surface area contributed by atoms with E-state index in [1.54, 1.807) is 11.3 Å². The number of thiazole rings is 1. The van der Waals surface area contributed by atoms with E-state index in [-0.39, 0.29) is 12.2 Å². The maximum atomic E-state index is 11.1. The third-order valence-electron chi connectivity index (χ3n) is 5.22. The summed E-state index contributed by atoms with van der Waals surface area (Å²) in [5, 5.41) is 0.997. The van der Waals surface area contributed by atoms with E-state index >= 15 is 0 Å². The summed E-state index contributed by atoms with van der Waals surface area (Å²) < 4.78 is 36.6. The second kappa shape index (κ2) is 9.65. The normalized spacial score (nSPS) is 11.9. The number of rotatable bonds is 8. The van der Waals surface area contributed by atoms with Gasteiger partial charge in [-0.05, 0) is 29.3 Å². The van der Waals surface area contributed by atoms with Gasteiger partial charge in [0.2, 0.25) is 5.52 Å². The Balaban J connectivity index is 1.71. The molecule has 0 aliphatic rings. The van der Waals surface area contributed by atoms with E-state index in [1.165, 1.54) is 0 Å². The molecular weight excluding hydrogens is 440 g/mol. The Labute approximate surface area is 192 Å². The molecule has 0 atom stereocenters. The number of para-hydroxylation sites is 1. The van der Waals surface area contributed by atoms with Crippen molar-refractivity contribution in [2.24, 2.45) is 0 Å². The molecule has 3 aromatic carbocycles. The van der Waals surface area contributed by atoms with E-state index in [4.69, 9.17) is 0 Å². The van der Waals surface area contributed by atoms with Crippen LogP contribution in [0.3, 0.4) is 0 Å². The first-order valence-electron chi connectivity index (χ1n) is 10.3. The lowest BCUT2D eigenvalue weighted by molar-refractivity contribution is -0.668. The molecule has 7 heteroatoms. The minimum absolute atomic E-state index is 0.271. The van der Waals surface area contributed by atoms with Crippen LogP contribution in [0, 0.1) is 0 Å². The Kier molecular flexibility index (Phi) is 6.69. The molecule has 0 spiro atoms. The molecule has 4 aromatic rings. The average molecular weight is 465 g/mol. The van der Waals surface area contributed by atoms with Gasteiger partial charge in [-0.3, -0.25) is 0 Å². The van der Waals surface area contributed by atoms with Crippen molar-refractivity contribution < 1.29 is 17.5 Å². The highest BCUT2D eigenvalue weighted by molar-refractivity contribution is 7.85. The van der Waals surface area contributed by atoms with Crippen LogP contribution in [0.4, 0.5) is 5.69 Å². The van der Waals surface area contributed by atoms with Gasteiger partial charge in [0.15, 0.2) is 6.54 Å². The van der Waals surface area contributed by atoms with Crippen molar-refractivity contribution in [3.05, 3.63) is 90.1 Å². The average Bonchev–Trinajstić information content (AvgIpc) is 3.14. The first-order chi connectivity index (χ1) is 15.4. The summed E-state index contributed by atoms with van der Waals surface area (Å²) >= 11 is 1.64. The fourth-order valence-electron chi connectivity index (χ4n) is 3.59.